The molecule has 0 radical (unpaired) electrons. The normalized spacial score (nSPS) is 17.2. The number of carboxylic acids is 1. The summed E-state index contributed by atoms with van der Waals surface area (Å²) in [5.74, 6) is -1.67. The average molecular weight is 336 g/mol. The summed E-state index contributed by atoms with van der Waals surface area (Å²) in [5.41, 5.74) is 0.966. The van der Waals surface area contributed by atoms with Gasteiger partial charge in [0.05, 0.1) is 0 Å². The van der Waals surface area contributed by atoms with Crippen molar-refractivity contribution in [1.82, 2.24) is 5.32 Å². The van der Waals surface area contributed by atoms with E-state index in [9.17, 15) is 19.2 Å². The number of hydrogen-bond acceptors (Lipinski definition) is 5. The fourth-order valence-corrected chi connectivity index (χ4v) is 3.21. The van der Waals surface area contributed by atoms with Crippen molar-refractivity contribution in [2.75, 3.05) is 18.0 Å². The lowest BCUT2D eigenvalue weighted by atomic mass is 10.2. The predicted octanol–water partition coefficient (Wildman–Crippen LogP) is 0.886. The molecule has 1 aliphatic heterocycles. The maximum absolute atomic E-state index is 12.0. The Morgan fingerprint density at radius 1 is 1.30 bits per heavy atom. The molecule has 2 rings (SSSR count). The molecule has 23 heavy (non-hydrogen) atoms. The van der Waals surface area contributed by atoms with Crippen LogP contribution >= 0.6 is 11.8 Å². The van der Waals surface area contributed by atoms with Crippen molar-refractivity contribution in [3.05, 3.63) is 29.8 Å². The molecule has 1 heterocycles. The zero-order valence-corrected chi connectivity index (χ0v) is 13.3. The monoisotopic (exact) mass is 336 g/mol. The van der Waals surface area contributed by atoms with Crippen molar-refractivity contribution in [3.63, 3.8) is 0 Å². The first kappa shape index (κ1) is 17.0. The molecule has 0 spiro atoms. The van der Waals surface area contributed by atoms with E-state index < -0.39 is 18.4 Å². The molecule has 1 saturated heterocycles. The van der Waals surface area contributed by atoms with E-state index in [1.54, 1.807) is 17.0 Å². The number of carbonyl (C=O) groups is 4. The van der Waals surface area contributed by atoms with E-state index in [0.717, 1.165) is 11.8 Å². The van der Waals surface area contributed by atoms with Gasteiger partial charge in [0.15, 0.2) is 5.12 Å². The second kappa shape index (κ2) is 7.28. The van der Waals surface area contributed by atoms with Crippen LogP contribution in [0.4, 0.5) is 5.69 Å². The van der Waals surface area contributed by atoms with Crippen LogP contribution in [0.3, 0.4) is 0 Å². The van der Waals surface area contributed by atoms with Gasteiger partial charge in [0.1, 0.15) is 6.54 Å². The third-order valence-electron chi connectivity index (χ3n) is 3.26. The third-order valence-corrected chi connectivity index (χ3v) is 4.24. The highest BCUT2D eigenvalue weighted by Crippen LogP contribution is 2.28. The molecule has 8 heteroatoms. The summed E-state index contributed by atoms with van der Waals surface area (Å²) in [6.45, 7) is 1.48. The smallest absolute Gasteiger partial charge is 0.322 e. The number of carbonyl (C=O) groups excluding carboxylic acids is 3. The largest absolute Gasteiger partial charge is 0.480 e. The summed E-state index contributed by atoms with van der Waals surface area (Å²) in [7, 11) is 0. The Kier molecular flexibility index (Phi) is 5.38. The molecule has 1 unspecified atom stereocenters. The Balaban J connectivity index is 2.02. The van der Waals surface area contributed by atoms with Crippen molar-refractivity contribution in [2.45, 2.75) is 18.6 Å². The number of nitrogens with one attached hydrogen (secondary N) is 1. The van der Waals surface area contributed by atoms with Gasteiger partial charge in [-0.1, -0.05) is 11.8 Å². The quantitative estimate of drug-likeness (QED) is 0.827. The lowest BCUT2D eigenvalue weighted by Crippen LogP contribution is -2.29. The minimum atomic E-state index is -1.12. The van der Waals surface area contributed by atoms with Crippen LogP contribution < -0.4 is 10.2 Å². The van der Waals surface area contributed by atoms with Gasteiger partial charge in [-0.15, -0.1) is 0 Å². The van der Waals surface area contributed by atoms with E-state index in [2.05, 4.69) is 5.32 Å². The standard InChI is InChI=1S/C15H16N2O5S/c1-9(18)23-12-6-13(19)17(8-12)11-4-2-10(3-5-11)15(22)16-7-14(20)21/h2-5,12H,6-8H2,1H3,(H,16,22)(H,20,21). The van der Waals surface area contributed by atoms with Crippen LogP contribution in [0, 0.1) is 0 Å². The zero-order valence-electron chi connectivity index (χ0n) is 12.4. The number of benzene rings is 1. The molecule has 1 aromatic rings. The maximum atomic E-state index is 12.0. The van der Waals surface area contributed by atoms with Gasteiger partial charge >= 0.3 is 5.97 Å². The van der Waals surface area contributed by atoms with Crippen LogP contribution in [-0.2, 0) is 14.4 Å². The molecule has 2 amide bonds. The number of aliphatic carboxylic acids is 1. The van der Waals surface area contributed by atoms with E-state index in [-0.39, 0.29) is 16.3 Å². The van der Waals surface area contributed by atoms with Crippen molar-refractivity contribution < 1.29 is 24.3 Å². The highest BCUT2D eigenvalue weighted by molar-refractivity contribution is 8.14. The highest BCUT2D eigenvalue weighted by atomic mass is 32.2. The molecule has 0 saturated carbocycles. The molecular formula is C15H16N2O5S. The maximum Gasteiger partial charge on any atom is 0.322 e. The van der Waals surface area contributed by atoms with Crippen molar-refractivity contribution in [2.24, 2.45) is 0 Å². The third kappa shape index (κ3) is 4.56. The first-order valence-corrected chi connectivity index (χ1v) is 7.82. The van der Waals surface area contributed by atoms with Gasteiger partial charge < -0.3 is 15.3 Å². The molecule has 1 fully saturated rings. The molecule has 1 aromatic carbocycles. The number of hydrogen-bond donors (Lipinski definition) is 2. The van der Waals surface area contributed by atoms with E-state index >= 15 is 0 Å². The van der Waals surface area contributed by atoms with E-state index in [4.69, 9.17) is 5.11 Å². The van der Waals surface area contributed by atoms with Crippen LogP contribution in [0.5, 0.6) is 0 Å². The lowest BCUT2D eigenvalue weighted by molar-refractivity contribution is -0.135. The number of nitrogens with zero attached hydrogens (tertiary/aromatic N) is 1. The summed E-state index contributed by atoms with van der Waals surface area (Å²) in [6, 6.07) is 6.33. The molecule has 1 atom stereocenters. The van der Waals surface area contributed by atoms with Crippen LogP contribution in [0.25, 0.3) is 0 Å². The van der Waals surface area contributed by atoms with Gasteiger partial charge in [0.25, 0.3) is 5.91 Å². The Hall–Kier alpha value is -2.35. The summed E-state index contributed by atoms with van der Waals surface area (Å²) in [6.07, 6.45) is 0.311. The van der Waals surface area contributed by atoms with E-state index in [1.165, 1.54) is 19.1 Å². The molecule has 122 valence electrons. The van der Waals surface area contributed by atoms with Crippen molar-refractivity contribution in [1.29, 1.82) is 0 Å². The second-order valence-corrected chi connectivity index (χ2v) is 6.54. The Morgan fingerprint density at radius 2 is 1.96 bits per heavy atom. The topological polar surface area (TPSA) is 104 Å². The van der Waals surface area contributed by atoms with E-state index in [1.807, 2.05) is 0 Å². The minimum Gasteiger partial charge on any atom is -0.480 e. The Morgan fingerprint density at radius 3 is 2.52 bits per heavy atom. The molecule has 2 N–H and O–H groups in total. The minimum absolute atomic E-state index is 0.0184. The second-order valence-electron chi connectivity index (χ2n) is 5.06. The number of amides is 2. The van der Waals surface area contributed by atoms with Gasteiger partial charge in [0, 0.05) is 36.4 Å². The van der Waals surface area contributed by atoms with Gasteiger partial charge in [0.2, 0.25) is 5.91 Å². The molecule has 1 aliphatic rings. The first-order valence-electron chi connectivity index (χ1n) is 6.94. The average Bonchev–Trinajstić information content (AvgIpc) is 2.84. The molecule has 7 nitrogen and oxygen atoms in total. The van der Waals surface area contributed by atoms with Gasteiger partial charge in [-0.05, 0) is 24.3 Å². The lowest BCUT2D eigenvalue weighted by Gasteiger charge is -2.16. The van der Waals surface area contributed by atoms with Crippen LogP contribution in [0.1, 0.15) is 23.7 Å². The van der Waals surface area contributed by atoms with Crippen molar-refractivity contribution >= 4 is 40.3 Å². The number of thioether (sulfide) groups is 1. The highest BCUT2D eigenvalue weighted by Gasteiger charge is 2.31. The van der Waals surface area contributed by atoms with Gasteiger partial charge in [-0.2, -0.15) is 0 Å². The number of rotatable bonds is 5. The molecular weight excluding hydrogens is 320 g/mol. The summed E-state index contributed by atoms with van der Waals surface area (Å²) < 4.78 is 0. The predicted molar refractivity (Wildman–Crippen MR) is 85.4 cm³/mol. The molecule has 0 aromatic heterocycles. The summed E-state index contributed by atoms with van der Waals surface area (Å²) in [5, 5.41) is 10.7. The van der Waals surface area contributed by atoms with Crippen LogP contribution in [-0.4, -0.2) is 46.3 Å². The van der Waals surface area contributed by atoms with Gasteiger partial charge in [-0.3, -0.25) is 19.2 Å². The number of anilines is 1. The Labute approximate surface area is 137 Å². The summed E-state index contributed by atoms with van der Waals surface area (Å²) in [4.78, 5) is 46.9. The fourth-order valence-electron chi connectivity index (χ4n) is 2.29. The van der Waals surface area contributed by atoms with Crippen LogP contribution in [0.2, 0.25) is 0 Å². The SMILES string of the molecule is CC(=O)SC1CC(=O)N(c2ccc(C(=O)NCC(=O)O)cc2)C1. The van der Waals surface area contributed by atoms with Crippen LogP contribution in [0.15, 0.2) is 24.3 Å². The Bertz CT molecular complexity index is 644. The molecule has 0 aliphatic carbocycles. The first-order chi connectivity index (χ1) is 10.9. The van der Waals surface area contributed by atoms with Gasteiger partial charge in [-0.25, -0.2) is 0 Å². The molecule has 0 bridgehead atoms. The summed E-state index contributed by atoms with van der Waals surface area (Å²) >= 11 is 1.16. The zero-order chi connectivity index (χ0) is 17.0. The number of carboxylic acid groups (broad SMARTS) is 1. The fraction of sp³-hybridized carbons (Fsp3) is 0.333. The van der Waals surface area contributed by atoms with Crippen molar-refractivity contribution in [3.8, 4) is 0 Å². The van der Waals surface area contributed by atoms with E-state index in [0.29, 0.717) is 24.2 Å².